The van der Waals surface area contributed by atoms with Crippen molar-refractivity contribution < 1.29 is 4.74 Å². The van der Waals surface area contributed by atoms with E-state index in [1.807, 2.05) is 24.3 Å². The lowest BCUT2D eigenvalue weighted by Gasteiger charge is -2.18. The van der Waals surface area contributed by atoms with Gasteiger partial charge in [-0.05, 0) is 49.4 Å². The van der Waals surface area contributed by atoms with Crippen LogP contribution in [0.5, 0.6) is 5.75 Å². The summed E-state index contributed by atoms with van der Waals surface area (Å²) >= 11 is 3.42. The van der Waals surface area contributed by atoms with Crippen molar-refractivity contribution in [3.63, 3.8) is 0 Å². The Bertz CT molecular complexity index is 539. The molecule has 0 aliphatic carbocycles. The Morgan fingerprint density at radius 2 is 1.75 bits per heavy atom. The van der Waals surface area contributed by atoms with Gasteiger partial charge in [0.05, 0.1) is 0 Å². The van der Waals surface area contributed by atoms with Gasteiger partial charge in [-0.2, -0.15) is 0 Å². The molecule has 0 saturated heterocycles. The van der Waals surface area contributed by atoms with Gasteiger partial charge >= 0.3 is 0 Å². The lowest BCUT2D eigenvalue weighted by atomic mass is 10.1. The summed E-state index contributed by atoms with van der Waals surface area (Å²) < 4.78 is 6.81. The molecule has 0 saturated carbocycles. The third-order valence-corrected chi connectivity index (χ3v) is 3.79. The summed E-state index contributed by atoms with van der Waals surface area (Å²) in [5, 5.41) is 0. The van der Waals surface area contributed by atoms with Crippen molar-refractivity contribution in [2.75, 3.05) is 20.2 Å². The maximum Gasteiger partial charge on any atom is 0.119 e. The maximum atomic E-state index is 5.74. The Morgan fingerprint density at radius 3 is 2.45 bits per heavy atom. The fraction of sp³-hybridized carbons (Fsp3) is 0.294. The molecule has 2 nitrogen and oxygen atoms in total. The lowest BCUT2D eigenvalue weighted by molar-refractivity contribution is 0.232. The Balaban J connectivity index is 1.76. The van der Waals surface area contributed by atoms with Crippen molar-refractivity contribution >= 4 is 15.9 Å². The average Bonchev–Trinajstić information content (AvgIpc) is 2.44. The average molecular weight is 334 g/mol. The number of rotatable bonds is 6. The zero-order valence-corrected chi connectivity index (χ0v) is 13.6. The van der Waals surface area contributed by atoms with Crippen LogP contribution in [0.15, 0.2) is 53.0 Å². The Morgan fingerprint density at radius 1 is 1.05 bits per heavy atom. The van der Waals surface area contributed by atoms with E-state index in [0.717, 1.165) is 23.3 Å². The second kappa shape index (κ2) is 7.46. The van der Waals surface area contributed by atoms with Crippen molar-refractivity contribution in [3.05, 3.63) is 64.1 Å². The van der Waals surface area contributed by atoms with Gasteiger partial charge in [0.15, 0.2) is 0 Å². The van der Waals surface area contributed by atoms with Gasteiger partial charge < -0.3 is 4.74 Å². The van der Waals surface area contributed by atoms with Gasteiger partial charge in [-0.25, -0.2) is 0 Å². The molecular weight excluding hydrogens is 314 g/mol. The molecule has 0 aliphatic rings. The molecular formula is C17H20BrNO. The highest BCUT2D eigenvalue weighted by atomic mass is 79.9. The van der Waals surface area contributed by atoms with Crippen molar-refractivity contribution in [2.45, 2.75) is 13.5 Å². The highest BCUT2D eigenvalue weighted by Crippen LogP contribution is 2.16. The normalized spacial score (nSPS) is 10.8. The molecule has 20 heavy (non-hydrogen) atoms. The number of aryl methyl sites for hydroxylation is 1. The van der Waals surface area contributed by atoms with Gasteiger partial charge in [0.25, 0.3) is 0 Å². The van der Waals surface area contributed by atoms with Crippen molar-refractivity contribution in [1.29, 1.82) is 0 Å². The fourth-order valence-corrected chi connectivity index (χ4v) is 2.27. The number of ether oxygens (including phenoxy) is 1. The number of benzene rings is 2. The quantitative estimate of drug-likeness (QED) is 0.782. The summed E-state index contributed by atoms with van der Waals surface area (Å²) in [4.78, 5) is 2.28. The number of likely N-dealkylation sites (N-methyl/N-ethyl adjacent to an activating group) is 1. The largest absolute Gasteiger partial charge is 0.492 e. The first-order chi connectivity index (χ1) is 9.65. The minimum Gasteiger partial charge on any atom is -0.492 e. The van der Waals surface area contributed by atoms with Gasteiger partial charge in [0.1, 0.15) is 12.4 Å². The molecule has 0 atom stereocenters. The maximum absolute atomic E-state index is 5.74. The molecule has 2 aromatic rings. The summed E-state index contributed by atoms with van der Waals surface area (Å²) in [6.45, 7) is 4.71. The first-order valence-corrected chi connectivity index (χ1v) is 7.56. The number of halogens is 1. The second-order valence-electron chi connectivity index (χ2n) is 4.97. The molecule has 2 aromatic carbocycles. The highest BCUT2D eigenvalue weighted by molar-refractivity contribution is 9.10. The molecule has 0 bridgehead atoms. The van der Waals surface area contributed by atoms with E-state index in [2.05, 4.69) is 59.1 Å². The van der Waals surface area contributed by atoms with Crippen LogP contribution in [0.3, 0.4) is 0 Å². The zero-order valence-electron chi connectivity index (χ0n) is 12.0. The second-order valence-corrected chi connectivity index (χ2v) is 5.88. The van der Waals surface area contributed by atoms with Crippen LogP contribution < -0.4 is 4.74 Å². The summed E-state index contributed by atoms with van der Waals surface area (Å²) in [6, 6.07) is 16.4. The van der Waals surface area contributed by atoms with E-state index in [-0.39, 0.29) is 0 Å². The van der Waals surface area contributed by atoms with E-state index >= 15 is 0 Å². The van der Waals surface area contributed by atoms with E-state index in [1.165, 1.54) is 11.1 Å². The van der Waals surface area contributed by atoms with Crippen molar-refractivity contribution in [3.8, 4) is 5.75 Å². The Hall–Kier alpha value is -1.32. The summed E-state index contributed by atoms with van der Waals surface area (Å²) in [7, 11) is 2.12. The molecule has 106 valence electrons. The number of hydrogen-bond donors (Lipinski definition) is 0. The molecule has 0 N–H and O–H groups in total. The van der Waals surface area contributed by atoms with Gasteiger partial charge in [-0.1, -0.05) is 40.2 Å². The van der Waals surface area contributed by atoms with E-state index in [1.54, 1.807) is 0 Å². The molecule has 0 heterocycles. The van der Waals surface area contributed by atoms with E-state index in [4.69, 9.17) is 4.74 Å². The molecule has 0 aliphatic heterocycles. The molecule has 0 spiro atoms. The van der Waals surface area contributed by atoms with Crippen molar-refractivity contribution in [1.82, 2.24) is 4.90 Å². The van der Waals surface area contributed by atoms with Crippen LogP contribution in [0, 0.1) is 6.92 Å². The first kappa shape index (κ1) is 15.1. The van der Waals surface area contributed by atoms with Crippen LogP contribution in [0.2, 0.25) is 0 Å². The third kappa shape index (κ3) is 4.66. The lowest BCUT2D eigenvalue weighted by Crippen LogP contribution is -2.24. The number of hydrogen-bond acceptors (Lipinski definition) is 2. The zero-order chi connectivity index (χ0) is 14.4. The summed E-state index contributed by atoms with van der Waals surface area (Å²) in [5.41, 5.74) is 2.71. The SMILES string of the molecule is Cc1ccccc1CN(C)CCOc1ccc(Br)cc1. The fourth-order valence-electron chi connectivity index (χ4n) is 2.01. The first-order valence-electron chi connectivity index (χ1n) is 6.76. The number of nitrogens with zero attached hydrogens (tertiary/aromatic N) is 1. The van der Waals surface area contributed by atoms with Crippen LogP contribution in [-0.4, -0.2) is 25.1 Å². The Kier molecular flexibility index (Phi) is 5.62. The van der Waals surface area contributed by atoms with Crippen LogP contribution in [0.4, 0.5) is 0 Å². The standard InChI is InChI=1S/C17H20BrNO/c1-14-5-3-4-6-15(14)13-19(2)11-12-20-17-9-7-16(18)8-10-17/h3-10H,11-13H2,1-2H3. The summed E-state index contributed by atoms with van der Waals surface area (Å²) in [6.07, 6.45) is 0. The predicted octanol–water partition coefficient (Wildman–Crippen LogP) is 4.27. The van der Waals surface area contributed by atoms with Gasteiger partial charge in [0.2, 0.25) is 0 Å². The molecule has 2 rings (SSSR count). The van der Waals surface area contributed by atoms with Gasteiger partial charge in [-0.15, -0.1) is 0 Å². The van der Waals surface area contributed by atoms with E-state index in [9.17, 15) is 0 Å². The van der Waals surface area contributed by atoms with E-state index in [0.29, 0.717) is 6.61 Å². The molecule has 0 aromatic heterocycles. The Labute approximate surface area is 129 Å². The monoisotopic (exact) mass is 333 g/mol. The third-order valence-electron chi connectivity index (χ3n) is 3.26. The van der Waals surface area contributed by atoms with E-state index < -0.39 is 0 Å². The molecule has 0 unspecified atom stereocenters. The highest BCUT2D eigenvalue weighted by Gasteiger charge is 2.03. The van der Waals surface area contributed by atoms with Crippen LogP contribution in [0.25, 0.3) is 0 Å². The minimum atomic E-state index is 0.698. The topological polar surface area (TPSA) is 12.5 Å². The van der Waals surface area contributed by atoms with Gasteiger partial charge in [0, 0.05) is 17.6 Å². The van der Waals surface area contributed by atoms with Crippen LogP contribution >= 0.6 is 15.9 Å². The van der Waals surface area contributed by atoms with Crippen LogP contribution in [0.1, 0.15) is 11.1 Å². The molecule has 3 heteroatoms. The van der Waals surface area contributed by atoms with Crippen molar-refractivity contribution in [2.24, 2.45) is 0 Å². The molecule has 0 amide bonds. The van der Waals surface area contributed by atoms with Gasteiger partial charge in [-0.3, -0.25) is 4.90 Å². The molecule has 0 radical (unpaired) electrons. The van der Waals surface area contributed by atoms with Crippen LogP contribution in [-0.2, 0) is 6.54 Å². The summed E-state index contributed by atoms with van der Waals surface area (Å²) in [5.74, 6) is 0.914. The predicted molar refractivity (Wildman–Crippen MR) is 87.2 cm³/mol. The smallest absolute Gasteiger partial charge is 0.119 e. The molecule has 0 fully saturated rings. The minimum absolute atomic E-state index is 0.698.